The van der Waals surface area contributed by atoms with E-state index in [0.29, 0.717) is 12.5 Å². The van der Waals surface area contributed by atoms with Gasteiger partial charge in [-0.2, -0.15) is 5.26 Å². The van der Waals surface area contributed by atoms with Crippen LogP contribution in [-0.4, -0.2) is 63.1 Å². The van der Waals surface area contributed by atoms with Gasteiger partial charge < -0.3 is 21.5 Å². The Balaban J connectivity index is 1.27. The van der Waals surface area contributed by atoms with Crippen molar-refractivity contribution in [3.8, 4) is 16.8 Å². The molecule has 36 heavy (non-hydrogen) atoms. The lowest BCUT2D eigenvalue weighted by Gasteiger charge is -2.31. The third-order valence-electron chi connectivity index (χ3n) is 6.13. The first kappa shape index (κ1) is 25.5. The van der Waals surface area contributed by atoms with Gasteiger partial charge in [0.1, 0.15) is 28.2 Å². The predicted molar refractivity (Wildman–Crippen MR) is 139 cm³/mol. The van der Waals surface area contributed by atoms with Crippen molar-refractivity contribution in [2.75, 3.05) is 37.3 Å². The first-order chi connectivity index (χ1) is 17.5. The van der Waals surface area contributed by atoms with Crippen molar-refractivity contribution in [1.29, 1.82) is 5.26 Å². The second kappa shape index (κ2) is 11.9. The molecule has 1 aliphatic heterocycles. The van der Waals surface area contributed by atoms with E-state index in [1.165, 1.54) is 10.9 Å². The number of anilines is 2. The van der Waals surface area contributed by atoms with E-state index in [9.17, 15) is 15.2 Å². The van der Waals surface area contributed by atoms with E-state index in [1.807, 2.05) is 30.5 Å². The Morgan fingerprint density at radius 2 is 2.17 bits per heavy atom. The molecule has 1 aliphatic rings. The molecular formula is C25H30N8O2S. The lowest BCUT2D eigenvalue weighted by atomic mass is 9.96. The summed E-state index contributed by atoms with van der Waals surface area (Å²) in [6, 6.07) is 8.91. The number of nitrogens with one attached hydrogen (secondary N) is 2. The summed E-state index contributed by atoms with van der Waals surface area (Å²) in [6.45, 7) is 4.91. The number of hydrogen-bond donors (Lipinski definition) is 4. The minimum absolute atomic E-state index is 0.143. The largest absolute Gasteiger partial charge is 0.397 e. The third kappa shape index (κ3) is 6.34. The summed E-state index contributed by atoms with van der Waals surface area (Å²) in [4.78, 5) is 29.6. The summed E-state index contributed by atoms with van der Waals surface area (Å²) in [5.74, 6) is 0.241. The molecule has 0 aliphatic carbocycles. The van der Waals surface area contributed by atoms with Gasteiger partial charge in [-0.3, -0.25) is 14.7 Å². The van der Waals surface area contributed by atoms with Gasteiger partial charge in [0.25, 0.3) is 5.91 Å². The number of amides is 1. The van der Waals surface area contributed by atoms with Crippen LogP contribution in [0.25, 0.3) is 10.7 Å². The smallest absolute Gasteiger partial charge is 0.270 e. The molecule has 0 aromatic carbocycles. The van der Waals surface area contributed by atoms with Crippen LogP contribution in [-0.2, 0) is 6.54 Å². The van der Waals surface area contributed by atoms with Crippen LogP contribution >= 0.6 is 11.3 Å². The van der Waals surface area contributed by atoms with Crippen LogP contribution in [0.5, 0.6) is 0 Å². The van der Waals surface area contributed by atoms with Gasteiger partial charge in [-0.1, -0.05) is 6.07 Å². The van der Waals surface area contributed by atoms with Crippen LogP contribution in [0.15, 0.2) is 36.7 Å². The molecule has 4 heterocycles. The molecule has 3 aromatic rings. The molecule has 10 nitrogen and oxygen atoms in total. The Morgan fingerprint density at radius 1 is 1.36 bits per heavy atom. The number of nitrogen functional groups attached to an aromatic ring is 1. The summed E-state index contributed by atoms with van der Waals surface area (Å²) >= 11 is 1.67. The highest BCUT2D eigenvalue weighted by Gasteiger charge is 2.22. The Bertz CT molecular complexity index is 1220. The highest BCUT2D eigenvalue weighted by Crippen LogP contribution is 2.26. The highest BCUT2D eigenvalue weighted by atomic mass is 32.1. The summed E-state index contributed by atoms with van der Waals surface area (Å²) in [5, 5.41) is 25.5. The average molecular weight is 507 g/mol. The molecule has 4 rings (SSSR count). The SMILES string of the molecule is C[C@@H](CO)Nc1nc(C(=O)NCC2CCN(Cc3cnc(-c4ccccn4)s3)CC2)cc(N)c1C#N. The topological polar surface area (TPSA) is 153 Å². The van der Waals surface area contributed by atoms with Crippen molar-refractivity contribution in [3.05, 3.63) is 52.8 Å². The van der Waals surface area contributed by atoms with E-state index in [-0.39, 0.29) is 41.3 Å². The molecule has 0 spiro atoms. The number of nitrogens with two attached hydrogens (primary N) is 1. The molecule has 1 fully saturated rings. The molecule has 1 atom stereocenters. The summed E-state index contributed by atoms with van der Waals surface area (Å²) < 4.78 is 0. The van der Waals surface area contributed by atoms with Crippen molar-refractivity contribution >= 4 is 28.7 Å². The Kier molecular flexibility index (Phi) is 8.43. The number of aliphatic hydroxyl groups excluding tert-OH is 1. The standard InChI is InChI=1S/C25H30N8O2S/c1-16(15-34)31-23-19(11-26)20(27)10-22(32-23)24(35)29-12-17-5-8-33(9-6-17)14-18-13-30-25(36-18)21-4-2-3-7-28-21/h2-4,7,10,13,16-17,34H,5-6,8-9,12,14-15H2,1H3,(H,29,35)(H3,27,31,32)/t16-/m0/s1. The number of piperidine rings is 1. The number of hydrogen-bond acceptors (Lipinski definition) is 10. The molecule has 0 bridgehead atoms. The first-order valence-electron chi connectivity index (χ1n) is 11.9. The van der Waals surface area contributed by atoms with Crippen LogP contribution in [0.1, 0.15) is 40.7 Å². The zero-order valence-corrected chi connectivity index (χ0v) is 21.0. The van der Waals surface area contributed by atoms with Crippen molar-refractivity contribution in [2.24, 2.45) is 5.92 Å². The molecule has 0 saturated carbocycles. The van der Waals surface area contributed by atoms with Crippen molar-refractivity contribution in [3.63, 3.8) is 0 Å². The number of rotatable bonds is 9. The maximum atomic E-state index is 12.8. The van der Waals surface area contributed by atoms with Gasteiger partial charge in [-0.05, 0) is 57.0 Å². The van der Waals surface area contributed by atoms with Crippen molar-refractivity contribution < 1.29 is 9.90 Å². The fourth-order valence-electron chi connectivity index (χ4n) is 4.07. The number of carbonyl (C=O) groups excluding carboxylic acids is 1. The monoisotopic (exact) mass is 506 g/mol. The summed E-state index contributed by atoms with van der Waals surface area (Å²) in [7, 11) is 0. The quantitative estimate of drug-likeness (QED) is 0.343. The number of aliphatic hydroxyl groups is 1. The minimum Gasteiger partial charge on any atom is -0.397 e. The Hall–Kier alpha value is -3.59. The second-order valence-electron chi connectivity index (χ2n) is 8.94. The lowest BCUT2D eigenvalue weighted by Crippen LogP contribution is -2.38. The van der Waals surface area contributed by atoms with E-state index in [2.05, 4.69) is 30.5 Å². The number of carbonyl (C=O) groups is 1. The summed E-state index contributed by atoms with van der Waals surface area (Å²) in [6.07, 6.45) is 5.67. The predicted octanol–water partition coefficient (Wildman–Crippen LogP) is 2.49. The Labute approximate surface area is 214 Å². The fourth-order valence-corrected chi connectivity index (χ4v) is 5.00. The number of aromatic nitrogens is 3. The van der Waals surface area contributed by atoms with Crippen LogP contribution in [0.3, 0.4) is 0 Å². The second-order valence-corrected chi connectivity index (χ2v) is 10.1. The minimum atomic E-state index is -0.334. The molecule has 11 heteroatoms. The van der Waals surface area contributed by atoms with Crippen LogP contribution < -0.4 is 16.4 Å². The van der Waals surface area contributed by atoms with Crippen molar-refractivity contribution in [2.45, 2.75) is 32.4 Å². The normalized spacial score (nSPS) is 15.2. The zero-order chi connectivity index (χ0) is 25.5. The Morgan fingerprint density at radius 3 is 2.86 bits per heavy atom. The molecule has 0 radical (unpaired) electrons. The number of thiazole rings is 1. The molecule has 1 amide bonds. The van der Waals surface area contributed by atoms with E-state index < -0.39 is 0 Å². The number of nitriles is 1. The van der Waals surface area contributed by atoms with Gasteiger partial charge in [0.05, 0.1) is 18.0 Å². The summed E-state index contributed by atoms with van der Waals surface area (Å²) in [5.41, 5.74) is 7.36. The number of pyridine rings is 2. The van der Waals surface area contributed by atoms with Gasteiger partial charge in [-0.15, -0.1) is 11.3 Å². The van der Waals surface area contributed by atoms with Crippen LogP contribution in [0.4, 0.5) is 11.5 Å². The third-order valence-corrected chi connectivity index (χ3v) is 7.13. The van der Waals surface area contributed by atoms with E-state index in [4.69, 9.17) is 5.73 Å². The molecule has 3 aromatic heterocycles. The molecule has 5 N–H and O–H groups in total. The van der Waals surface area contributed by atoms with Crippen molar-refractivity contribution in [1.82, 2.24) is 25.2 Å². The first-order valence-corrected chi connectivity index (χ1v) is 12.7. The average Bonchev–Trinajstić information content (AvgIpc) is 3.37. The zero-order valence-electron chi connectivity index (χ0n) is 20.1. The molecular weight excluding hydrogens is 476 g/mol. The highest BCUT2D eigenvalue weighted by molar-refractivity contribution is 7.14. The lowest BCUT2D eigenvalue weighted by molar-refractivity contribution is 0.0930. The molecule has 1 saturated heterocycles. The molecule has 188 valence electrons. The number of nitrogens with zero attached hydrogens (tertiary/aromatic N) is 5. The van der Waals surface area contributed by atoms with Crippen LogP contribution in [0, 0.1) is 17.2 Å². The van der Waals surface area contributed by atoms with E-state index in [1.54, 1.807) is 24.5 Å². The number of likely N-dealkylation sites (tertiary alicyclic amines) is 1. The van der Waals surface area contributed by atoms with Gasteiger partial charge in [0, 0.05) is 36.4 Å². The van der Waals surface area contributed by atoms with Gasteiger partial charge >= 0.3 is 0 Å². The van der Waals surface area contributed by atoms with Gasteiger partial charge in [0.15, 0.2) is 0 Å². The van der Waals surface area contributed by atoms with E-state index >= 15 is 0 Å². The fraction of sp³-hybridized carbons (Fsp3) is 0.400. The maximum absolute atomic E-state index is 12.8. The van der Waals surface area contributed by atoms with Crippen LogP contribution in [0.2, 0.25) is 0 Å². The maximum Gasteiger partial charge on any atom is 0.270 e. The molecule has 0 unspecified atom stereocenters. The van der Waals surface area contributed by atoms with Gasteiger partial charge in [-0.25, -0.2) is 9.97 Å². The van der Waals surface area contributed by atoms with Gasteiger partial charge in [0.2, 0.25) is 0 Å². The van der Waals surface area contributed by atoms with E-state index in [0.717, 1.165) is 43.2 Å².